The first kappa shape index (κ1) is 18.1. The second-order valence-corrected chi connectivity index (χ2v) is 7.20. The molecular weight excluding hydrogens is 276 g/mol. The van der Waals surface area contributed by atoms with Crippen LogP contribution in [0.5, 0.6) is 0 Å². The largest absolute Gasteiger partial charge is 0.297 e. The summed E-state index contributed by atoms with van der Waals surface area (Å²) in [5.74, 6) is 1.06. The van der Waals surface area contributed by atoms with Crippen molar-refractivity contribution >= 4 is 11.8 Å². The van der Waals surface area contributed by atoms with E-state index in [0.29, 0.717) is 6.04 Å². The van der Waals surface area contributed by atoms with Gasteiger partial charge in [0.2, 0.25) is 0 Å². The van der Waals surface area contributed by atoms with Gasteiger partial charge in [-0.3, -0.25) is 5.32 Å². The Bertz CT molecular complexity index is 490. The molecule has 0 aliphatic heterocycles. The van der Waals surface area contributed by atoms with Crippen molar-refractivity contribution < 1.29 is 0 Å². The maximum absolute atomic E-state index is 9.50. The third-order valence-corrected chi connectivity index (χ3v) is 4.98. The lowest BCUT2D eigenvalue weighted by atomic mass is 9.91. The van der Waals surface area contributed by atoms with Crippen LogP contribution >= 0.6 is 11.8 Å². The standard InChI is InChI=1S/C18H28N2S/c1-6-18(13-19,20-14(2)3)10-7-11-21-17-12-15(4)8-9-16(17)5/h8-9,12,14,20H,6-7,10-11H2,1-5H3. The quantitative estimate of drug-likeness (QED) is 0.551. The molecule has 0 amide bonds. The van der Waals surface area contributed by atoms with Gasteiger partial charge in [-0.25, -0.2) is 0 Å². The molecule has 1 atom stereocenters. The van der Waals surface area contributed by atoms with Crippen molar-refractivity contribution in [3.8, 4) is 6.07 Å². The third-order valence-electron chi connectivity index (χ3n) is 3.73. The van der Waals surface area contributed by atoms with E-state index in [1.54, 1.807) is 0 Å². The van der Waals surface area contributed by atoms with Gasteiger partial charge in [-0.1, -0.05) is 24.6 Å². The van der Waals surface area contributed by atoms with Crippen LogP contribution in [-0.2, 0) is 0 Å². The fourth-order valence-electron chi connectivity index (χ4n) is 2.49. The monoisotopic (exact) mass is 304 g/mol. The molecule has 1 aromatic rings. The number of benzene rings is 1. The maximum atomic E-state index is 9.50. The number of nitrogens with one attached hydrogen (secondary N) is 1. The topological polar surface area (TPSA) is 35.8 Å². The normalized spacial score (nSPS) is 14.0. The van der Waals surface area contributed by atoms with Gasteiger partial charge in [0.1, 0.15) is 5.54 Å². The van der Waals surface area contributed by atoms with Gasteiger partial charge in [0, 0.05) is 10.9 Å². The number of aryl methyl sites for hydroxylation is 2. The highest BCUT2D eigenvalue weighted by Gasteiger charge is 2.27. The molecule has 1 aromatic carbocycles. The molecule has 0 fully saturated rings. The van der Waals surface area contributed by atoms with Crippen LogP contribution in [0.25, 0.3) is 0 Å². The number of thioether (sulfide) groups is 1. The van der Waals surface area contributed by atoms with E-state index in [1.165, 1.54) is 16.0 Å². The summed E-state index contributed by atoms with van der Waals surface area (Å²) < 4.78 is 0. The summed E-state index contributed by atoms with van der Waals surface area (Å²) in [7, 11) is 0. The molecule has 1 unspecified atom stereocenters. The number of rotatable bonds is 8. The predicted octanol–water partition coefficient (Wildman–Crippen LogP) is 4.85. The highest BCUT2D eigenvalue weighted by molar-refractivity contribution is 7.99. The molecule has 2 nitrogen and oxygen atoms in total. The number of nitriles is 1. The van der Waals surface area contributed by atoms with E-state index in [0.717, 1.165) is 25.0 Å². The molecule has 0 bridgehead atoms. The van der Waals surface area contributed by atoms with Crippen molar-refractivity contribution in [2.45, 2.75) is 70.4 Å². The van der Waals surface area contributed by atoms with Crippen LogP contribution in [0.2, 0.25) is 0 Å². The Morgan fingerprint density at radius 2 is 2.05 bits per heavy atom. The van der Waals surface area contributed by atoms with E-state index in [9.17, 15) is 5.26 Å². The van der Waals surface area contributed by atoms with Crippen LogP contribution in [0.15, 0.2) is 23.1 Å². The Balaban J connectivity index is 2.52. The van der Waals surface area contributed by atoms with E-state index in [1.807, 2.05) is 11.8 Å². The SMILES string of the molecule is CCC(C#N)(CCCSc1cc(C)ccc1C)NC(C)C. The van der Waals surface area contributed by atoms with E-state index in [4.69, 9.17) is 0 Å². The number of hydrogen-bond acceptors (Lipinski definition) is 3. The van der Waals surface area contributed by atoms with Gasteiger partial charge < -0.3 is 0 Å². The third kappa shape index (κ3) is 5.73. The van der Waals surface area contributed by atoms with Crippen molar-refractivity contribution in [3.63, 3.8) is 0 Å². The molecule has 0 saturated carbocycles. The fourth-order valence-corrected chi connectivity index (χ4v) is 3.56. The van der Waals surface area contributed by atoms with Crippen molar-refractivity contribution in [2.75, 3.05) is 5.75 Å². The molecule has 0 heterocycles. The smallest absolute Gasteiger partial charge is 0.106 e. The summed E-state index contributed by atoms with van der Waals surface area (Å²) in [6.45, 7) is 10.6. The van der Waals surface area contributed by atoms with Crippen LogP contribution in [-0.4, -0.2) is 17.3 Å². The summed E-state index contributed by atoms with van der Waals surface area (Å²) in [6, 6.07) is 9.43. The minimum Gasteiger partial charge on any atom is -0.297 e. The Labute approximate surface area is 134 Å². The van der Waals surface area contributed by atoms with Gasteiger partial charge in [0.15, 0.2) is 0 Å². The zero-order chi connectivity index (χ0) is 15.9. The zero-order valence-electron chi connectivity index (χ0n) is 14.0. The molecular formula is C18H28N2S. The average Bonchev–Trinajstić information content (AvgIpc) is 2.45. The minimum atomic E-state index is -0.365. The van der Waals surface area contributed by atoms with Gasteiger partial charge >= 0.3 is 0 Å². The summed E-state index contributed by atoms with van der Waals surface area (Å²) in [4.78, 5) is 1.37. The van der Waals surface area contributed by atoms with Crippen LogP contribution in [0.1, 0.15) is 51.2 Å². The number of nitrogens with zero attached hydrogens (tertiary/aromatic N) is 1. The summed E-state index contributed by atoms with van der Waals surface area (Å²) in [5.41, 5.74) is 2.29. The van der Waals surface area contributed by atoms with E-state index < -0.39 is 0 Å². The van der Waals surface area contributed by atoms with Crippen molar-refractivity contribution in [2.24, 2.45) is 0 Å². The molecule has 21 heavy (non-hydrogen) atoms. The highest BCUT2D eigenvalue weighted by Crippen LogP contribution is 2.26. The second-order valence-electron chi connectivity index (χ2n) is 6.07. The Kier molecular flexibility index (Phi) is 7.28. The molecule has 0 aromatic heterocycles. The molecule has 0 radical (unpaired) electrons. The van der Waals surface area contributed by atoms with Gasteiger partial charge in [-0.2, -0.15) is 5.26 Å². The van der Waals surface area contributed by atoms with Gasteiger partial charge in [0.25, 0.3) is 0 Å². The minimum absolute atomic E-state index is 0.344. The second kappa shape index (κ2) is 8.46. The molecule has 116 valence electrons. The van der Waals surface area contributed by atoms with Crippen LogP contribution < -0.4 is 5.32 Å². The maximum Gasteiger partial charge on any atom is 0.106 e. The Morgan fingerprint density at radius 1 is 1.33 bits per heavy atom. The van der Waals surface area contributed by atoms with Crippen molar-refractivity contribution in [1.29, 1.82) is 5.26 Å². The van der Waals surface area contributed by atoms with Gasteiger partial charge in [0.05, 0.1) is 6.07 Å². The van der Waals surface area contributed by atoms with E-state index in [-0.39, 0.29) is 5.54 Å². The van der Waals surface area contributed by atoms with Gasteiger partial charge in [-0.15, -0.1) is 11.8 Å². The molecule has 0 aliphatic rings. The molecule has 0 spiro atoms. The first-order chi connectivity index (χ1) is 9.92. The number of hydrogen-bond donors (Lipinski definition) is 1. The summed E-state index contributed by atoms with van der Waals surface area (Å²) in [6.07, 6.45) is 2.82. The first-order valence-electron chi connectivity index (χ1n) is 7.81. The lowest BCUT2D eigenvalue weighted by Crippen LogP contribution is -2.47. The van der Waals surface area contributed by atoms with Crippen LogP contribution in [0.3, 0.4) is 0 Å². The van der Waals surface area contributed by atoms with Crippen molar-refractivity contribution in [1.82, 2.24) is 5.32 Å². The van der Waals surface area contributed by atoms with Crippen LogP contribution in [0, 0.1) is 25.2 Å². The van der Waals surface area contributed by atoms with Crippen LogP contribution in [0.4, 0.5) is 0 Å². The van der Waals surface area contributed by atoms with E-state index >= 15 is 0 Å². The summed E-state index contributed by atoms with van der Waals surface area (Å²) >= 11 is 1.90. The molecule has 1 N–H and O–H groups in total. The lowest BCUT2D eigenvalue weighted by Gasteiger charge is -2.29. The molecule has 3 heteroatoms. The fraction of sp³-hybridized carbons (Fsp3) is 0.611. The predicted molar refractivity (Wildman–Crippen MR) is 92.8 cm³/mol. The van der Waals surface area contributed by atoms with Gasteiger partial charge in [-0.05, 0) is 64.3 Å². The molecule has 0 aliphatic carbocycles. The molecule has 0 saturated heterocycles. The zero-order valence-corrected chi connectivity index (χ0v) is 14.8. The summed E-state index contributed by atoms with van der Waals surface area (Å²) in [5, 5.41) is 12.9. The Morgan fingerprint density at radius 3 is 2.62 bits per heavy atom. The van der Waals surface area contributed by atoms with E-state index in [2.05, 4.69) is 64.2 Å². The average molecular weight is 305 g/mol. The van der Waals surface area contributed by atoms with Crippen molar-refractivity contribution in [3.05, 3.63) is 29.3 Å². The molecule has 1 rings (SSSR count). The Hall–Kier alpha value is -0.980. The highest BCUT2D eigenvalue weighted by atomic mass is 32.2. The lowest BCUT2D eigenvalue weighted by molar-refractivity contribution is 0.341. The first-order valence-corrected chi connectivity index (χ1v) is 8.80.